The first-order valence-electron chi connectivity index (χ1n) is 3.74. The number of rotatable bonds is 2. The van der Waals surface area contributed by atoms with Gasteiger partial charge >= 0.3 is 0 Å². The highest BCUT2D eigenvalue weighted by molar-refractivity contribution is 6.16. The summed E-state index contributed by atoms with van der Waals surface area (Å²) in [6.07, 6.45) is 1.29. The van der Waals surface area contributed by atoms with E-state index in [1.54, 1.807) is 13.8 Å². The third-order valence-corrected chi connectivity index (χ3v) is 1.84. The minimum atomic E-state index is -0.432. The van der Waals surface area contributed by atoms with Crippen LogP contribution in [0.5, 0.6) is 0 Å². The highest BCUT2D eigenvalue weighted by atomic mass is 16.3. The zero-order valence-electron chi connectivity index (χ0n) is 7.07. The molecule has 2 amide bonds. The molecule has 0 aromatic rings. The molecule has 4 heteroatoms. The van der Waals surface area contributed by atoms with Crippen molar-refractivity contribution in [1.82, 2.24) is 4.90 Å². The van der Waals surface area contributed by atoms with E-state index in [1.165, 1.54) is 6.08 Å². The first-order chi connectivity index (χ1) is 5.57. The lowest BCUT2D eigenvalue weighted by Crippen LogP contribution is -2.40. The van der Waals surface area contributed by atoms with E-state index in [1.807, 2.05) is 0 Å². The van der Waals surface area contributed by atoms with E-state index in [9.17, 15) is 9.59 Å². The summed E-state index contributed by atoms with van der Waals surface area (Å²) in [4.78, 5) is 23.4. The van der Waals surface area contributed by atoms with E-state index in [-0.39, 0.29) is 18.4 Å². The van der Waals surface area contributed by atoms with Crippen LogP contribution in [0.3, 0.4) is 0 Å². The van der Waals surface area contributed by atoms with Crippen molar-refractivity contribution in [2.45, 2.75) is 19.9 Å². The lowest BCUT2D eigenvalue weighted by Gasteiger charge is -2.20. The molecule has 66 valence electrons. The Morgan fingerprint density at radius 3 is 2.50 bits per heavy atom. The van der Waals surface area contributed by atoms with E-state index < -0.39 is 6.04 Å². The summed E-state index contributed by atoms with van der Waals surface area (Å²) in [5, 5.41) is 8.75. The van der Waals surface area contributed by atoms with Crippen molar-refractivity contribution >= 4 is 11.8 Å². The van der Waals surface area contributed by atoms with Gasteiger partial charge in [0, 0.05) is 11.6 Å². The number of amides is 2. The Labute approximate surface area is 70.5 Å². The van der Waals surface area contributed by atoms with Crippen molar-refractivity contribution in [3.8, 4) is 0 Å². The first-order valence-corrected chi connectivity index (χ1v) is 3.74. The molecule has 1 rings (SSSR count). The third kappa shape index (κ3) is 1.25. The summed E-state index contributed by atoms with van der Waals surface area (Å²) >= 11 is 0. The molecule has 0 unspecified atom stereocenters. The van der Waals surface area contributed by atoms with Gasteiger partial charge in [-0.1, -0.05) is 0 Å². The van der Waals surface area contributed by atoms with Crippen LogP contribution in [-0.2, 0) is 9.59 Å². The fraction of sp³-hybridized carbons (Fsp3) is 0.500. The van der Waals surface area contributed by atoms with Crippen LogP contribution in [0, 0.1) is 0 Å². The summed E-state index contributed by atoms with van der Waals surface area (Å²) in [6, 6.07) is -0.432. The van der Waals surface area contributed by atoms with Crippen molar-refractivity contribution < 1.29 is 14.7 Å². The minimum Gasteiger partial charge on any atom is -0.394 e. The topological polar surface area (TPSA) is 57.6 Å². The Kier molecular flexibility index (Phi) is 2.28. The Morgan fingerprint density at radius 1 is 1.58 bits per heavy atom. The monoisotopic (exact) mass is 169 g/mol. The molecule has 0 bridgehead atoms. The Bertz CT molecular complexity index is 257. The van der Waals surface area contributed by atoms with Crippen LogP contribution in [0.1, 0.15) is 13.8 Å². The predicted octanol–water partition coefficient (Wildman–Crippen LogP) is -0.318. The molecule has 0 aromatic heterocycles. The SMILES string of the molecule is CC1=CC(=O)N([C@@H](C)CO)C1=O. The van der Waals surface area contributed by atoms with Gasteiger partial charge in [0.15, 0.2) is 0 Å². The zero-order valence-corrected chi connectivity index (χ0v) is 7.07. The number of hydrogen-bond acceptors (Lipinski definition) is 3. The highest BCUT2D eigenvalue weighted by Crippen LogP contribution is 2.14. The molecule has 1 heterocycles. The summed E-state index contributed by atoms with van der Waals surface area (Å²) in [5.74, 6) is -0.638. The Hall–Kier alpha value is -1.16. The van der Waals surface area contributed by atoms with E-state index in [0.29, 0.717) is 5.57 Å². The van der Waals surface area contributed by atoms with E-state index in [0.717, 1.165) is 4.90 Å². The minimum absolute atomic E-state index is 0.196. The van der Waals surface area contributed by atoms with Crippen molar-refractivity contribution in [2.75, 3.05) is 6.61 Å². The fourth-order valence-corrected chi connectivity index (χ4v) is 1.11. The van der Waals surface area contributed by atoms with Crippen LogP contribution in [0.2, 0.25) is 0 Å². The van der Waals surface area contributed by atoms with Gasteiger partial charge < -0.3 is 5.11 Å². The summed E-state index contributed by atoms with van der Waals surface area (Å²) < 4.78 is 0. The van der Waals surface area contributed by atoms with Crippen molar-refractivity contribution in [1.29, 1.82) is 0 Å². The van der Waals surface area contributed by atoms with Crippen LogP contribution >= 0.6 is 0 Å². The van der Waals surface area contributed by atoms with E-state index in [2.05, 4.69) is 0 Å². The largest absolute Gasteiger partial charge is 0.394 e. The molecule has 12 heavy (non-hydrogen) atoms. The molecule has 0 aliphatic carbocycles. The second kappa shape index (κ2) is 3.06. The van der Waals surface area contributed by atoms with Gasteiger partial charge in [-0.2, -0.15) is 0 Å². The lowest BCUT2D eigenvalue weighted by molar-refractivity contribution is -0.140. The molecule has 0 aromatic carbocycles. The maximum absolute atomic E-state index is 11.2. The molecule has 1 atom stereocenters. The second-order valence-electron chi connectivity index (χ2n) is 2.87. The highest BCUT2D eigenvalue weighted by Gasteiger charge is 2.31. The van der Waals surface area contributed by atoms with Crippen molar-refractivity contribution in [3.63, 3.8) is 0 Å². The quantitative estimate of drug-likeness (QED) is 0.576. The molecule has 0 radical (unpaired) electrons. The maximum Gasteiger partial charge on any atom is 0.256 e. The smallest absolute Gasteiger partial charge is 0.256 e. The normalized spacial score (nSPS) is 19.9. The van der Waals surface area contributed by atoms with E-state index in [4.69, 9.17) is 5.11 Å². The second-order valence-corrected chi connectivity index (χ2v) is 2.87. The summed E-state index contributed by atoms with van der Waals surface area (Å²) in [5.41, 5.74) is 0.431. The third-order valence-electron chi connectivity index (χ3n) is 1.84. The Balaban J connectivity index is 2.83. The molecule has 1 aliphatic heterocycles. The van der Waals surface area contributed by atoms with Crippen LogP contribution < -0.4 is 0 Å². The summed E-state index contributed by atoms with van der Waals surface area (Å²) in [7, 11) is 0. The van der Waals surface area contributed by atoms with E-state index >= 15 is 0 Å². The van der Waals surface area contributed by atoms with Gasteiger partial charge in [0.1, 0.15) is 0 Å². The molecule has 0 fully saturated rings. The average Bonchev–Trinajstić information content (AvgIpc) is 2.26. The summed E-state index contributed by atoms with van der Waals surface area (Å²) in [6.45, 7) is 3.02. The molecule has 0 spiro atoms. The first kappa shape index (κ1) is 8.93. The number of hydrogen-bond donors (Lipinski definition) is 1. The van der Waals surface area contributed by atoms with Gasteiger partial charge in [0.2, 0.25) is 0 Å². The number of aliphatic hydroxyl groups is 1. The molecule has 4 nitrogen and oxygen atoms in total. The molecule has 0 saturated carbocycles. The Morgan fingerprint density at radius 2 is 2.17 bits per heavy atom. The fourth-order valence-electron chi connectivity index (χ4n) is 1.11. The maximum atomic E-state index is 11.2. The molecule has 1 N–H and O–H groups in total. The van der Waals surface area contributed by atoms with Crippen LogP contribution in [0.15, 0.2) is 11.6 Å². The lowest BCUT2D eigenvalue weighted by atomic mass is 10.3. The molecule has 0 saturated heterocycles. The van der Waals surface area contributed by atoms with Crippen LogP contribution in [-0.4, -0.2) is 34.5 Å². The number of aliphatic hydroxyl groups excluding tert-OH is 1. The van der Waals surface area contributed by atoms with Gasteiger partial charge in [0.05, 0.1) is 12.6 Å². The van der Waals surface area contributed by atoms with Crippen molar-refractivity contribution in [3.05, 3.63) is 11.6 Å². The predicted molar refractivity (Wildman–Crippen MR) is 42.2 cm³/mol. The number of nitrogens with zero attached hydrogens (tertiary/aromatic N) is 1. The average molecular weight is 169 g/mol. The number of imide groups is 1. The van der Waals surface area contributed by atoms with Crippen LogP contribution in [0.25, 0.3) is 0 Å². The van der Waals surface area contributed by atoms with Gasteiger partial charge in [0.25, 0.3) is 11.8 Å². The number of carbonyl (C=O) groups excluding carboxylic acids is 2. The zero-order chi connectivity index (χ0) is 9.30. The molecule has 1 aliphatic rings. The van der Waals surface area contributed by atoms with Gasteiger partial charge in [-0.15, -0.1) is 0 Å². The van der Waals surface area contributed by atoms with Crippen LogP contribution in [0.4, 0.5) is 0 Å². The van der Waals surface area contributed by atoms with Gasteiger partial charge in [-0.3, -0.25) is 14.5 Å². The van der Waals surface area contributed by atoms with Gasteiger partial charge in [-0.25, -0.2) is 0 Å². The van der Waals surface area contributed by atoms with Crippen molar-refractivity contribution in [2.24, 2.45) is 0 Å². The molecular weight excluding hydrogens is 158 g/mol. The molecular formula is C8H11NO3. The number of carbonyl (C=O) groups is 2. The van der Waals surface area contributed by atoms with Gasteiger partial charge in [-0.05, 0) is 13.8 Å². The standard InChI is InChI=1S/C8H11NO3/c1-5-3-7(11)9(8(5)12)6(2)4-10/h3,6,10H,4H2,1-2H3/t6-/m0/s1.